The average Bonchev–Trinajstić information content (AvgIpc) is 2.58. The highest BCUT2D eigenvalue weighted by Crippen LogP contribution is 2.22. The number of nitrogens with two attached hydrogens (primary N) is 1. The fourth-order valence-electron chi connectivity index (χ4n) is 2.08. The molecule has 1 aliphatic heterocycles. The first-order valence-electron chi connectivity index (χ1n) is 6.14. The molecule has 1 saturated heterocycles. The van der Waals surface area contributed by atoms with E-state index in [1.807, 2.05) is 0 Å². The van der Waals surface area contributed by atoms with Crippen molar-refractivity contribution < 1.29 is 4.74 Å². The van der Waals surface area contributed by atoms with Crippen LogP contribution in [0.15, 0.2) is 0 Å². The van der Waals surface area contributed by atoms with E-state index in [0.29, 0.717) is 12.0 Å². The van der Waals surface area contributed by atoms with Crippen molar-refractivity contribution in [3.8, 4) is 0 Å². The first-order chi connectivity index (χ1) is 7.03. The van der Waals surface area contributed by atoms with Crippen LogP contribution in [0.1, 0.15) is 40.0 Å². The number of ether oxygens (including phenoxy) is 1. The molecule has 1 heterocycles. The normalized spacial score (nSPS) is 27.2. The molecule has 0 bridgehead atoms. The second-order valence-corrected chi connectivity index (χ2v) is 5.31. The second-order valence-electron chi connectivity index (χ2n) is 5.31. The smallest absolute Gasteiger partial charge is 0.0613 e. The molecule has 0 aromatic rings. The number of nitrogens with one attached hydrogen (secondary N) is 1. The summed E-state index contributed by atoms with van der Waals surface area (Å²) in [6, 6.07) is 0. The molecule has 0 aromatic heterocycles. The summed E-state index contributed by atoms with van der Waals surface area (Å²) in [5.74, 6) is 0.705. The number of rotatable bonds is 6. The zero-order valence-electron chi connectivity index (χ0n) is 10.4. The van der Waals surface area contributed by atoms with Gasteiger partial charge in [-0.05, 0) is 45.6 Å². The first-order valence-corrected chi connectivity index (χ1v) is 6.14. The Morgan fingerprint density at radius 3 is 2.80 bits per heavy atom. The number of hydrogen-bond donors (Lipinski definition) is 2. The highest BCUT2D eigenvalue weighted by molar-refractivity contribution is 4.78. The fraction of sp³-hybridized carbons (Fsp3) is 1.00. The molecular formula is C12H26N2O. The van der Waals surface area contributed by atoms with E-state index in [2.05, 4.69) is 26.1 Å². The first kappa shape index (κ1) is 12.9. The van der Waals surface area contributed by atoms with Gasteiger partial charge in [-0.2, -0.15) is 0 Å². The molecule has 0 amide bonds. The van der Waals surface area contributed by atoms with Crippen LogP contribution in [-0.2, 0) is 4.74 Å². The van der Waals surface area contributed by atoms with E-state index >= 15 is 0 Å². The van der Waals surface area contributed by atoms with Crippen molar-refractivity contribution in [1.29, 1.82) is 0 Å². The maximum atomic E-state index is 5.92. The lowest BCUT2D eigenvalue weighted by Crippen LogP contribution is -2.37. The second kappa shape index (κ2) is 5.83. The van der Waals surface area contributed by atoms with Crippen LogP contribution < -0.4 is 11.1 Å². The van der Waals surface area contributed by atoms with Crippen molar-refractivity contribution in [2.24, 2.45) is 11.7 Å². The molecule has 90 valence electrons. The summed E-state index contributed by atoms with van der Waals surface area (Å²) in [5.41, 5.74) is 5.87. The molecule has 1 rings (SSSR count). The van der Waals surface area contributed by atoms with Crippen LogP contribution in [0.4, 0.5) is 0 Å². The van der Waals surface area contributed by atoms with Gasteiger partial charge in [0.2, 0.25) is 0 Å². The van der Waals surface area contributed by atoms with E-state index in [-0.39, 0.29) is 5.54 Å². The van der Waals surface area contributed by atoms with Gasteiger partial charge in [0, 0.05) is 18.7 Å². The van der Waals surface area contributed by atoms with Gasteiger partial charge in [0.15, 0.2) is 0 Å². The summed E-state index contributed by atoms with van der Waals surface area (Å²) in [6.07, 6.45) is 3.84. The third-order valence-corrected chi connectivity index (χ3v) is 3.10. The van der Waals surface area contributed by atoms with E-state index in [0.717, 1.165) is 32.5 Å². The van der Waals surface area contributed by atoms with Gasteiger partial charge in [0.25, 0.3) is 0 Å². The minimum Gasteiger partial charge on any atom is -0.378 e. The Balaban J connectivity index is 2.09. The standard InChI is InChI=1S/C12H26N2O/c1-4-11-10(5-8-15-11)9-14-7-6-12(2,3)13/h10-11,14H,4-9,13H2,1-3H3. The van der Waals surface area contributed by atoms with E-state index in [4.69, 9.17) is 10.5 Å². The van der Waals surface area contributed by atoms with Crippen molar-refractivity contribution in [3.05, 3.63) is 0 Å². The van der Waals surface area contributed by atoms with E-state index in [1.54, 1.807) is 0 Å². The molecule has 1 aliphatic rings. The quantitative estimate of drug-likeness (QED) is 0.659. The lowest BCUT2D eigenvalue weighted by molar-refractivity contribution is 0.0872. The Bertz CT molecular complexity index is 177. The van der Waals surface area contributed by atoms with Gasteiger partial charge >= 0.3 is 0 Å². The zero-order valence-corrected chi connectivity index (χ0v) is 10.4. The third kappa shape index (κ3) is 4.96. The van der Waals surface area contributed by atoms with Gasteiger partial charge in [0.05, 0.1) is 6.10 Å². The van der Waals surface area contributed by atoms with E-state index in [9.17, 15) is 0 Å². The monoisotopic (exact) mass is 214 g/mol. The van der Waals surface area contributed by atoms with Crippen LogP contribution >= 0.6 is 0 Å². The molecule has 3 N–H and O–H groups in total. The molecule has 0 saturated carbocycles. The minimum atomic E-state index is -0.0522. The van der Waals surface area contributed by atoms with E-state index in [1.165, 1.54) is 6.42 Å². The van der Waals surface area contributed by atoms with Crippen LogP contribution in [0.5, 0.6) is 0 Å². The molecule has 3 nitrogen and oxygen atoms in total. The Kier molecular flexibility index (Phi) is 5.03. The average molecular weight is 214 g/mol. The zero-order chi connectivity index (χ0) is 11.3. The molecule has 0 radical (unpaired) electrons. The molecule has 3 heteroatoms. The number of hydrogen-bond acceptors (Lipinski definition) is 3. The molecule has 15 heavy (non-hydrogen) atoms. The van der Waals surface area contributed by atoms with Crippen LogP contribution in [-0.4, -0.2) is 31.3 Å². The van der Waals surface area contributed by atoms with Crippen molar-refractivity contribution in [1.82, 2.24) is 5.32 Å². The van der Waals surface area contributed by atoms with Gasteiger partial charge in [-0.1, -0.05) is 6.92 Å². The summed E-state index contributed by atoms with van der Waals surface area (Å²) in [5, 5.41) is 3.49. The minimum absolute atomic E-state index is 0.0522. The largest absolute Gasteiger partial charge is 0.378 e. The SMILES string of the molecule is CCC1OCCC1CNCCC(C)(C)N. The maximum absolute atomic E-state index is 5.92. The topological polar surface area (TPSA) is 47.3 Å². The molecule has 1 fully saturated rings. The summed E-state index contributed by atoms with van der Waals surface area (Å²) < 4.78 is 5.65. The lowest BCUT2D eigenvalue weighted by atomic mass is 9.99. The Labute approximate surface area is 93.8 Å². The Morgan fingerprint density at radius 1 is 1.47 bits per heavy atom. The molecular weight excluding hydrogens is 188 g/mol. The van der Waals surface area contributed by atoms with Crippen LogP contribution in [0.3, 0.4) is 0 Å². The highest BCUT2D eigenvalue weighted by atomic mass is 16.5. The maximum Gasteiger partial charge on any atom is 0.0613 e. The Hall–Kier alpha value is -0.120. The Morgan fingerprint density at radius 2 is 2.20 bits per heavy atom. The van der Waals surface area contributed by atoms with Gasteiger partial charge in [-0.15, -0.1) is 0 Å². The van der Waals surface area contributed by atoms with Crippen LogP contribution in [0, 0.1) is 5.92 Å². The van der Waals surface area contributed by atoms with Crippen molar-refractivity contribution in [2.75, 3.05) is 19.7 Å². The van der Waals surface area contributed by atoms with Crippen LogP contribution in [0.2, 0.25) is 0 Å². The molecule has 0 spiro atoms. The highest BCUT2D eigenvalue weighted by Gasteiger charge is 2.26. The predicted octanol–water partition coefficient (Wildman–Crippen LogP) is 1.52. The third-order valence-electron chi connectivity index (χ3n) is 3.10. The molecule has 2 atom stereocenters. The lowest BCUT2D eigenvalue weighted by Gasteiger charge is -2.21. The van der Waals surface area contributed by atoms with E-state index < -0.39 is 0 Å². The van der Waals surface area contributed by atoms with Gasteiger partial charge < -0.3 is 15.8 Å². The van der Waals surface area contributed by atoms with Gasteiger partial charge in [-0.3, -0.25) is 0 Å². The summed E-state index contributed by atoms with van der Waals surface area (Å²) >= 11 is 0. The van der Waals surface area contributed by atoms with Crippen molar-refractivity contribution in [2.45, 2.75) is 51.7 Å². The van der Waals surface area contributed by atoms with Gasteiger partial charge in [-0.25, -0.2) is 0 Å². The molecule has 0 aliphatic carbocycles. The molecule has 0 aromatic carbocycles. The van der Waals surface area contributed by atoms with Crippen molar-refractivity contribution >= 4 is 0 Å². The summed E-state index contributed by atoms with van der Waals surface area (Å²) in [4.78, 5) is 0. The summed E-state index contributed by atoms with van der Waals surface area (Å²) in [7, 11) is 0. The predicted molar refractivity (Wildman–Crippen MR) is 63.9 cm³/mol. The fourth-order valence-corrected chi connectivity index (χ4v) is 2.08. The summed E-state index contributed by atoms with van der Waals surface area (Å²) in [6.45, 7) is 9.37. The van der Waals surface area contributed by atoms with Crippen molar-refractivity contribution in [3.63, 3.8) is 0 Å². The molecule has 2 unspecified atom stereocenters. The van der Waals surface area contributed by atoms with Crippen LogP contribution in [0.25, 0.3) is 0 Å². The van der Waals surface area contributed by atoms with Gasteiger partial charge in [0.1, 0.15) is 0 Å².